The number of fused-ring (bicyclic) bond motifs is 2. The molecule has 0 spiro atoms. The summed E-state index contributed by atoms with van der Waals surface area (Å²) >= 11 is 0. The minimum atomic E-state index is 0.377. The van der Waals surface area contributed by atoms with Crippen molar-refractivity contribution in [3.8, 4) is 0 Å². The van der Waals surface area contributed by atoms with E-state index in [0.717, 1.165) is 41.9 Å². The molecule has 0 heterocycles. The van der Waals surface area contributed by atoms with Gasteiger partial charge in [-0.25, -0.2) is 0 Å². The fourth-order valence-electron chi connectivity index (χ4n) is 8.17. The molecule has 2 nitrogen and oxygen atoms in total. The van der Waals surface area contributed by atoms with E-state index in [0.29, 0.717) is 17.4 Å². The topological polar surface area (TPSA) is 29.1 Å². The second kappa shape index (κ2) is 5.23. The highest BCUT2D eigenvalue weighted by molar-refractivity contribution is 5.77. The Hall–Kier alpha value is -0.530. The molecule has 0 aromatic heterocycles. The Kier molecular flexibility index (Phi) is 3.36. The van der Waals surface area contributed by atoms with Crippen LogP contribution in [0.15, 0.2) is 0 Å². The molecule has 6 bridgehead atoms. The van der Waals surface area contributed by atoms with E-state index < -0.39 is 0 Å². The molecule has 1 amide bonds. The van der Waals surface area contributed by atoms with Gasteiger partial charge < -0.3 is 5.32 Å². The number of carbonyl (C=O) groups excluding carboxylic acids is 1. The van der Waals surface area contributed by atoms with Crippen molar-refractivity contribution in [3.63, 3.8) is 0 Å². The van der Waals surface area contributed by atoms with E-state index in [9.17, 15) is 4.79 Å². The van der Waals surface area contributed by atoms with Crippen LogP contribution in [0.5, 0.6) is 0 Å². The van der Waals surface area contributed by atoms with Gasteiger partial charge in [-0.1, -0.05) is 6.42 Å². The summed E-state index contributed by atoms with van der Waals surface area (Å²) < 4.78 is 0. The first-order valence-electron chi connectivity index (χ1n) is 10.4. The molecule has 0 aromatic rings. The molecule has 0 aliphatic heterocycles. The van der Waals surface area contributed by atoms with E-state index in [1.165, 1.54) is 64.2 Å². The largest absolute Gasteiger partial charge is 0.353 e. The van der Waals surface area contributed by atoms with Crippen LogP contribution in [0.2, 0.25) is 0 Å². The van der Waals surface area contributed by atoms with Gasteiger partial charge in [0.1, 0.15) is 0 Å². The maximum Gasteiger partial charge on any atom is 0.220 e. The Balaban J connectivity index is 1.20. The van der Waals surface area contributed by atoms with E-state index in [2.05, 4.69) is 12.2 Å². The van der Waals surface area contributed by atoms with Crippen LogP contribution in [-0.2, 0) is 4.79 Å². The monoisotopic (exact) mass is 315 g/mol. The second-order valence-corrected chi connectivity index (χ2v) is 10.3. The van der Waals surface area contributed by atoms with E-state index in [4.69, 9.17) is 0 Å². The predicted octanol–water partition coefficient (Wildman–Crippen LogP) is 4.53. The first-order chi connectivity index (χ1) is 11.1. The fraction of sp³-hybridized carbons (Fsp3) is 0.952. The molecule has 2 heteroatoms. The Labute approximate surface area is 141 Å². The molecule has 6 fully saturated rings. The van der Waals surface area contributed by atoms with Crippen LogP contribution in [0.25, 0.3) is 0 Å². The number of rotatable bonds is 4. The lowest BCUT2D eigenvalue weighted by atomic mass is 9.49. The molecule has 6 aliphatic rings. The van der Waals surface area contributed by atoms with Gasteiger partial charge in [0.05, 0.1) is 0 Å². The van der Waals surface area contributed by atoms with Gasteiger partial charge in [-0.15, -0.1) is 0 Å². The molecule has 128 valence electrons. The summed E-state index contributed by atoms with van der Waals surface area (Å²) in [5.74, 6) is 5.91. The van der Waals surface area contributed by atoms with Crippen LogP contribution in [0, 0.1) is 40.9 Å². The molecule has 6 rings (SSSR count). The Bertz CT molecular complexity index is 463. The zero-order chi connectivity index (χ0) is 15.6. The number of hydrogen-bond donors (Lipinski definition) is 1. The first-order valence-corrected chi connectivity index (χ1v) is 10.4. The maximum atomic E-state index is 12.8. The van der Waals surface area contributed by atoms with E-state index in [-0.39, 0.29) is 0 Å². The van der Waals surface area contributed by atoms with Crippen LogP contribution in [0.4, 0.5) is 0 Å². The van der Waals surface area contributed by atoms with Crippen molar-refractivity contribution >= 4 is 5.91 Å². The Morgan fingerprint density at radius 2 is 1.61 bits per heavy atom. The van der Waals surface area contributed by atoms with Gasteiger partial charge in [-0.2, -0.15) is 0 Å². The molecule has 23 heavy (non-hydrogen) atoms. The maximum absolute atomic E-state index is 12.8. The highest BCUT2D eigenvalue weighted by Crippen LogP contribution is 2.61. The molecule has 0 saturated heterocycles. The molecular formula is C21H33NO. The lowest BCUT2D eigenvalue weighted by Gasteiger charge is -2.56. The molecular weight excluding hydrogens is 282 g/mol. The highest BCUT2D eigenvalue weighted by Gasteiger charge is 2.51. The molecule has 6 saturated carbocycles. The number of amides is 1. The van der Waals surface area contributed by atoms with Gasteiger partial charge in [0.2, 0.25) is 5.91 Å². The molecule has 4 atom stereocenters. The van der Waals surface area contributed by atoms with Gasteiger partial charge in [0.15, 0.2) is 0 Å². The third-order valence-corrected chi connectivity index (χ3v) is 8.52. The van der Waals surface area contributed by atoms with Crippen LogP contribution < -0.4 is 5.32 Å². The Morgan fingerprint density at radius 1 is 0.957 bits per heavy atom. The average molecular weight is 316 g/mol. The van der Waals surface area contributed by atoms with Gasteiger partial charge >= 0.3 is 0 Å². The molecule has 1 N–H and O–H groups in total. The van der Waals surface area contributed by atoms with Crippen molar-refractivity contribution in [2.24, 2.45) is 40.9 Å². The highest BCUT2D eigenvalue weighted by atomic mass is 16.1. The molecule has 6 aliphatic carbocycles. The summed E-state index contributed by atoms with van der Waals surface area (Å²) in [6.07, 6.45) is 15.0. The van der Waals surface area contributed by atoms with Crippen molar-refractivity contribution in [1.29, 1.82) is 0 Å². The third kappa shape index (κ3) is 2.55. The average Bonchev–Trinajstić information content (AvgIpc) is 3.07. The molecule has 4 unspecified atom stereocenters. The standard InChI is InChI=1S/C21H33NO/c1-13(19-8-14-2-3-18(19)7-14)22-20(23)12-21-9-15-4-16(10-21)6-17(5-15)11-21/h13-19H,2-12H2,1H3,(H,22,23). The summed E-state index contributed by atoms with van der Waals surface area (Å²) in [7, 11) is 0. The SMILES string of the molecule is CC(NC(=O)CC12CC3CC(CC(C3)C1)C2)C1CC2CCC1C2. The van der Waals surface area contributed by atoms with Crippen molar-refractivity contribution in [3.05, 3.63) is 0 Å². The minimum absolute atomic E-state index is 0.377. The van der Waals surface area contributed by atoms with Crippen LogP contribution in [0.3, 0.4) is 0 Å². The third-order valence-electron chi connectivity index (χ3n) is 8.52. The molecule has 0 aromatic carbocycles. The van der Waals surface area contributed by atoms with Crippen molar-refractivity contribution in [2.45, 2.75) is 83.6 Å². The fourth-order valence-corrected chi connectivity index (χ4v) is 8.17. The Morgan fingerprint density at radius 3 is 2.13 bits per heavy atom. The van der Waals surface area contributed by atoms with Gasteiger partial charge in [-0.05, 0) is 106 Å². The zero-order valence-electron chi connectivity index (χ0n) is 14.7. The second-order valence-electron chi connectivity index (χ2n) is 10.3. The summed E-state index contributed by atoms with van der Waals surface area (Å²) in [5.41, 5.74) is 0.396. The number of carbonyl (C=O) groups is 1. The lowest BCUT2D eigenvalue weighted by molar-refractivity contribution is -0.130. The molecule has 0 radical (unpaired) electrons. The number of hydrogen-bond acceptors (Lipinski definition) is 1. The van der Waals surface area contributed by atoms with E-state index in [1.807, 2.05) is 0 Å². The first kappa shape index (κ1) is 14.8. The quantitative estimate of drug-likeness (QED) is 0.811. The van der Waals surface area contributed by atoms with Gasteiger partial charge in [0, 0.05) is 12.5 Å². The van der Waals surface area contributed by atoms with Crippen molar-refractivity contribution in [2.75, 3.05) is 0 Å². The summed E-state index contributed by atoms with van der Waals surface area (Å²) in [5, 5.41) is 3.44. The van der Waals surface area contributed by atoms with Crippen LogP contribution >= 0.6 is 0 Å². The van der Waals surface area contributed by atoms with Crippen LogP contribution in [0.1, 0.15) is 77.6 Å². The summed E-state index contributed by atoms with van der Waals surface area (Å²) in [6.45, 7) is 2.28. The minimum Gasteiger partial charge on any atom is -0.353 e. The zero-order valence-corrected chi connectivity index (χ0v) is 14.7. The van der Waals surface area contributed by atoms with Crippen molar-refractivity contribution in [1.82, 2.24) is 5.32 Å². The van der Waals surface area contributed by atoms with Gasteiger partial charge in [-0.3, -0.25) is 4.79 Å². The van der Waals surface area contributed by atoms with Crippen molar-refractivity contribution < 1.29 is 4.79 Å². The smallest absolute Gasteiger partial charge is 0.220 e. The number of nitrogens with one attached hydrogen (secondary N) is 1. The normalized spacial score (nSPS) is 51.2. The van der Waals surface area contributed by atoms with E-state index in [1.54, 1.807) is 0 Å². The van der Waals surface area contributed by atoms with E-state index >= 15 is 0 Å². The van der Waals surface area contributed by atoms with Gasteiger partial charge in [0.25, 0.3) is 0 Å². The lowest BCUT2D eigenvalue weighted by Crippen LogP contribution is -2.49. The van der Waals surface area contributed by atoms with Crippen LogP contribution in [-0.4, -0.2) is 11.9 Å². The summed E-state index contributed by atoms with van der Waals surface area (Å²) in [6, 6.07) is 0.409. The predicted molar refractivity (Wildman–Crippen MR) is 91.8 cm³/mol. The summed E-state index contributed by atoms with van der Waals surface area (Å²) in [4.78, 5) is 12.8.